The Labute approximate surface area is 136 Å². The second-order valence-electron chi connectivity index (χ2n) is 6.21. The molecular formula is C15H21ClN2O3S. The Kier molecular flexibility index (Phi) is 5.14. The Hall–Kier alpha value is -1.11. The number of amides is 1. The minimum atomic E-state index is -3.03. The number of hydrogen-bond donors (Lipinski definition) is 1. The van der Waals surface area contributed by atoms with Crippen LogP contribution in [0.1, 0.15) is 18.9 Å². The summed E-state index contributed by atoms with van der Waals surface area (Å²) < 4.78 is 23.1. The molecule has 1 saturated heterocycles. The number of sulfone groups is 1. The molecule has 0 aliphatic carbocycles. The van der Waals surface area contributed by atoms with E-state index in [-0.39, 0.29) is 24.0 Å². The number of carbonyl (C=O) groups excluding carboxylic acids is 1. The van der Waals surface area contributed by atoms with Crippen molar-refractivity contribution in [3.05, 3.63) is 34.9 Å². The Morgan fingerprint density at radius 2 is 2.09 bits per heavy atom. The summed E-state index contributed by atoms with van der Waals surface area (Å²) in [6.45, 7) is 2.53. The topological polar surface area (TPSA) is 66.5 Å². The van der Waals surface area contributed by atoms with Crippen molar-refractivity contribution in [2.75, 3.05) is 25.1 Å². The lowest BCUT2D eigenvalue weighted by molar-refractivity contribution is -0.123. The molecule has 7 heteroatoms. The summed E-state index contributed by atoms with van der Waals surface area (Å²) in [6, 6.07) is 7.50. The number of hydrogen-bond acceptors (Lipinski definition) is 4. The fourth-order valence-corrected chi connectivity index (χ4v) is 4.99. The molecule has 22 heavy (non-hydrogen) atoms. The Balaban J connectivity index is 1.88. The zero-order valence-electron chi connectivity index (χ0n) is 12.8. The van der Waals surface area contributed by atoms with E-state index < -0.39 is 15.4 Å². The highest BCUT2D eigenvalue weighted by Gasteiger charge is 2.39. The van der Waals surface area contributed by atoms with Gasteiger partial charge < -0.3 is 5.32 Å². The van der Waals surface area contributed by atoms with Crippen LogP contribution < -0.4 is 5.32 Å². The number of carbonyl (C=O) groups is 1. The molecule has 1 amide bonds. The van der Waals surface area contributed by atoms with E-state index in [0.29, 0.717) is 18.0 Å². The molecule has 1 aromatic rings. The number of halogens is 1. The molecule has 0 radical (unpaired) electrons. The fourth-order valence-electron chi connectivity index (χ4n) is 2.70. The van der Waals surface area contributed by atoms with Gasteiger partial charge in [0.1, 0.15) is 0 Å². The lowest BCUT2D eigenvalue weighted by Crippen LogP contribution is -2.49. The Bertz CT molecular complexity index is 663. The van der Waals surface area contributed by atoms with Crippen molar-refractivity contribution in [3.8, 4) is 0 Å². The summed E-state index contributed by atoms with van der Waals surface area (Å²) in [5.74, 6) is -0.0201. The molecule has 1 fully saturated rings. The molecule has 0 unspecified atom stereocenters. The van der Waals surface area contributed by atoms with E-state index in [4.69, 9.17) is 11.6 Å². The SMILES string of the molecule is CN(CC(=O)N[C@]1(C)CCS(=O)(=O)C1)Cc1ccccc1Cl. The van der Waals surface area contributed by atoms with E-state index >= 15 is 0 Å². The van der Waals surface area contributed by atoms with Gasteiger partial charge in [0.05, 0.1) is 23.6 Å². The molecule has 0 aromatic heterocycles. The standard InChI is InChI=1S/C15H21ClN2O3S/c1-15(7-8-22(20,21)11-15)17-14(19)10-18(2)9-12-5-3-4-6-13(12)16/h3-6H,7-11H2,1-2H3,(H,17,19)/t15-/m1/s1. The number of nitrogens with one attached hydrogen (secondary N) is 1. The van der Waals surface area contributed by atoms with Crippen molar-refractivity contribution < 1.29 is 13.2 Å². The maximum atomic E-state index is 12.1. The molecule has 1 aliphatic rings. The maximum Gasteiger partial charge on any atom is 0.234 e. The minimum Gasteiger partial charge on any atom is -0.349 e. The van der Waals surface area contributed by atoms with Gasteiger partial charge in [-0.3, -0.25) is 9.69 Å². The summed E-state index contributed by atoms with van der Waals surface area (Å²) in [5, 5.41) is 3.52. The molecule has 1 N–H and O–H groups in total. The van der Waals surface area contributed by atoms with Crippen molar-refractivity contribution in [3.63, 3.8) is 0 Å². The van der Waals surface area contributed by atoms with Gasteiger partial charge in [0.2, 0.25) is 5.91 Å². The van der Waals surface area contributed by atoms with Gasteiger partial charge in [-0.2, -0.15) is 0 Å². The highest BCUT2D eigenvalue weighted by atomic mass is 35.5. The Morgan fingerprint density at radius 1 is 1.41 bits per heavy atom. The summed E-state index contributed by atoms with van der Waals surface area (Å²) >= 11 is 6.10. The summed E-state index contributed by atoms with van der Waals surface area (Å²) in [4.78, 5) is 14.0. The number of nitrogens with zero attached hydrogens (tertiary/aromatic N) is 1. The van der Waals surface area contributed by atoms with E-state index in [1.54, 1.807) is 6.92 Å². The molecule has 1 atom stereocenters. The van der Waals surface area contributed by atoms with Gasteiger partial charge in [-0.1, -0.05) is 29.8 Å². The normalized spacial score (nSPS) is 23.6. The molecule has 0 bridgehead atoms. The van der Waals surface area contributed by atoms with Crippen LogP contribution in [-0.2, 0) is 21.2 Å². The molecule has 1 heterocycles. The average molecular weight is 345 g/mol. The van der Waals surface area contributed by atoms with Gasteiger partial charge in [-0.05, 0) is 32.0 Å². The first-order chi connectivity index (χ1) is 10.2. The largest absolute Gasteiger partial charge is 0.349 e. The van der Waals surface area contributed by atoms with Gasteiger partial charge in [0, 0.05) is 11.6 Å². The average Bonchev–Trinajstić information content (AvgIpc) is 2.65. The molecule has 0 spiro atoms. The second kappa shape index (κ2) is 6.56. The first-order valence-electron chi connectivity index (χ1n) is 7.13. The molecule has 122 valence electrons. The molecule has 1 aliphatic heterocycles. The lowest BCUT2D eigenvalue weighted by atomic mass is 10.0. The third-order valence-electron chi connectivity index (χ3n) is 3.76. The van der Waals surface area contributed by atoms with Gasteiger partial charge in [0.25, 0.3) is 0 Å². The van der Waals surface area contributed by atoms with Crippen molar-refractivity contribution in [2.45, 2.75) is 25.4 Å². The predicted octanol–water partition coefficient (Wildman–Crippen LogP) is 1.47. The summed E-state index contributed by atoms with van der Waals surface area (Å²) in [6.07, 6.45) is 0.468. The first kappa shape index (κ1) is 17.2. The van der Waals surface area contributed by atoms with Gasteiger partial charge in [-0.15, -0.1) is 0 Å². The van der Waals surface area contributed by atoms with E-state index in [9.17, 15) is 13.2 Å². The number of benzene rings is 1. The Morgan fingerprint density at radius 3 is 2.68 bits per heavy atom. The summed E-state index contributed by atoms with van der Waals surface area (Å²) in [7, 11) is -1.20. The summed E-state index contributed by atoms with van der Waals surface area (Å²) in [5.41, 5.74) is 0.301. The molecular weight excluding hydrogens is 324 g/mol. The molecule has 5 nitrogen and oxygen atoms in total. The fraction of sp³-hybridized carbons (Fsp3) is 0.533. The highest BCUT2D eigenvalue weighted by molar-refractivity contribution is 7.91. The van der Waals surface area contributed by atoms with Crippen LogP contribution in [0, 0.1) is 0 Å². The van der Waals surface area contributed by atoms with E-state index in [2.05, 4.69) is 5.32 Å². The monoisotopic (exact) mass is 344 g/mol. The molecule has 0 saturated carbocycles. The predicted molar refractivity (Wildman–Crippen MR) is 87.6 cm³/mol. The highest BCUT2D eigenvalue weighted by Crippen LogP contribution is 2.22. The lowest BCUT2D eigenvalue weighted by Gasteiger charge is -2.25. The van der Waals surface area contributed by atoms with Gasteiger partial charge in [0.15, 0.2) is 9.84 Å². The van der Waals surface area contributed by atoms with Gasteiger partial charge >= 0.3 is 0 Å². The van der Waals surface area contributed by atoms with Crippen LogP contribution in [0.4, 0.5) is 0 Å². The van der Waals surface area contributed by atoms with Crippen LogP contribution in [0.5, 0.6) is 0 Å². The smallest absolute Gasteiger partial charge is 0.234 e. The van der Waals surface area contributed by atoms with Crippen LogP contribution in [0.2, 0.25) is 5.02 Å². The van der Waals surface area contributed by atoms with Crippen LogP contribution >= 0.6 is 11.6 Å². The van der Waals surface area contributed by atoms with Crippen LogP contribution in [0.3, 0.4) is 0 Å². The van der Waals surface area contributed by atoms with E-state index in [0.717, 1.165) is 5.56 Å². The third kappa shape index (κ3) is 4.69. The van der Waals surface area contributed by atoms with Gasteiger partial charge in [-0.25, -0.2) is 8.42 Å². The zero-order chi connectivity index (χ0) is 16.4. The van der Waals surface area contributed by atoms with Crippen LogP contribution in [-0.4, -0.2) is 49.9 Å². The zero-order valence-corrected chi connectivity index (χ0v) is 14.4. The van der Waals surface area contributed by atoms with Crippen molar-refractivity contribution in [2.24, 2.45) is 0 Å². The number of likely N-dealkylation sites (N-methyl/N-ethyl adjacent to an activating group) is 1. The van der Waals surface area contributed by atoms with Crippen molar-refractivity contribution in [1.29, 1.82) is 0 Å². The van der Waals surface area contributed by atoms with E-state index in [1.165, 1.54) is 0 Å². The quantitative estimate of drug-likeness (QED) is 0.878. The van der Waals surface area contributed by atoms with Crippen molar-refractivity contribution >= 4 is 27.3 Å². The maximum absolute atomic E-state index is 12.1. The van der Waals surface area contributed by atoms with E-state index in [1.807, 2.05) is 36.2 Å². The molecule has 1 aromatic carbocycles. The van der Waals surface area contributed by atoms with Crippen molar-refractivity contribution in [1.82, 2.24) is 10.2 Å². The second-order valence-corrected chi connectivity index (χ2v) is 8.81. The number of rotatable bonds is 5. The third-order valence-corrected chi connectivity index (χ3v) is 6.03. The molecule has 2 rings (SSSR count). The van der Waals surface area contributed by atoms with Crippen LogP contribution in [0.25, 0.3) is 0 Å². The minimum absolute atomic E-state index is 0.0139. The van der Waals surface area contributed by atoms with Crippen LogP contribution in [0.15, 0.2) is 24.3 Å². The first-order valence-corrected chi connectivity index (χ1v) is 9.32.